The van der Waals surface area contributed by atoms with E-state index in [1.807, 2.05) is 54.6 Å². The summed E-state index contributed by atoms with van der Waals surface area (Å²) in [6.45, 7) is 0. The fraction of sp³-hybridized carbons (Fsp3) is 0. The molecule has 10 rings (SSSR count). The zero-order valence-electron chi connectivity index (χ0n) is 32.3. The van der Waals surface area contributed by atoms with Crippen LogP contribution in [-0.4, -0.2) is 0 Å². The summed E-state index contributed by atoms with van der Waals surface area (Å²) in [5.74, 6) is 1.25. The molecular weight excluding hydrogens is 496 g/mol. The first-order valence-corrected chi connectivity index (χ1v) is 13.3. The molecule has 0 N–H and O–H groups in total. The van der Waals surface area contributed by atoms with E-state index in [9.17, 15) is 4.11 Å². The SMILES string of the molecule is [2H]c1c([2H])c([2H])c2c(-c3ccc4c5c(cccc35)-c3c(ccc5ccccc35)O4)c3c(c([2H])c2c1[2H])-c1c([2H])c([2H])c([2H])c2c([2H])c([2H])c([2H])c-3c12. The molecule has 8 aromatic carbocycles. The van der Waals surface area contributed by atoms with Crippen LogP contribution >= 0.6 is 0 Å². The maximum Gasteiger partial charge on any atom is 0.135 e. The first-order valence-electron chi connectivity index (χ1n) is 18.8. The highest BCUT2D eigenvalue weighted by Gasteiger charge is 2.29. The molecule has 1 nitrogen and oxygen atoms in total. The minimum Gasteiger partial charge on any atom is -0.456 e. The molecule has 41 heavy (non-hydrogen) atoms. The molecular formula is C40H22O. The monoisotopic (exact) mass is 529 g/mol. The van der Waals surface area contributed by atoms with Crippen molar-refractivity contribution in [1.29, 1.82) is 0 Å². The molecule has 1 aliphatic carbocycles. The molecule has 0 saturated carbocycles. The number of benzene rings is 8. The number of hydrogen-bond donors (Lipinski definition) is 0. The van der Waals surface area contributed by atoms with Gasteiger partial charge in [0, 0.05) is 10.9 Å². The molecule has 0 saturated heterocycles. The van der Waals surface area contributed by atoms with Crippen LogP contribution in [0.15, 0.2) is 133 Å². The van der Waals surface area contributed by atoms with Crippen molar-refractivity contribution in [3.8, 4) is 56.0 Å². The van der Waals surface area contributed by atoms with E-state index in [4.69, 9.17) is 15.7 Å². The Kier molecular flexibility index (Phi) is 2.56. The third-order valence-electron chi connectivity index (χ3n) is 8.34. The van der Waals surface area contributed by atoms with Crippen LogP contribution in [0.25, 0.3) is 87.6 Å². The van der Waals surface area contributed by atoms with Crippen LogP contribution in [0.4, 0.5) is 0 Å². The zero-order valence-corrected chi connectivity index (χ0v) is 21.3. The molecule has 0 spiro atoms. The van der Waals surface area contributed by atoms with E-state index >= 15 is 0 Å². The number of hydrogen-bond acceptors (Lipinski definition) is 1. The molecule has 0 aromatic heterocycles. The molecule has 188 valence electrons. The van der Waals surface area contributed by atoms with E-state index in [1.54, 1.807) is 12.1 Å². The van der Waals surface area contributed by atoms with Gasteiger partial charge in [0.05, 0.1) is 15.1 Å². The average molecular weight is 530 g/mol. The van der Waals surface area contributed by atoms with Crippen molar-refractivity contribution in [2.75, 3.05) is 0 Å². The van der Waals surface area contributed by atoms with Crippen molar-refractivity contribution in [2.24, 2.45) is 0 Å². The van der Waals surface area contributed by atoms with Crippen LogP contribution in [-0.2, 0) is 0 Å². The predicted molar refractivity (Wildman–Crippen MR) is 172 cm³/mol. The molecule has 8 aromatic rings. The lowest BCUT2D eigenvalue weighted by Gasteiger charge is -2.25. The normalized spacial score (nSPS) is 16.3. The molecule has 0 amide bonds. The second-order valence-electron chi connectivity index (χ2n) is 10.4. The van der Waals surface area contributed by atoms with E-state index in [1.165, 1.54) is 0 Å². The van der Waals surface area contributed by atoms with Gasteiger partial charge in [-0.1, -0.05) is 109 Å². The Labute approximate surface area is 252 Å². The van der Waals surface area contributed by atoms with Crippen molar-refractivity contribution in [3.05, 3.63) is 133 Å². The Hall–Kier alpha value is -5.40. The summed E-state index contributed by atoms with van der Waals surface area (Å²) in [5.41, 5.74) is 2.94. The Morgan fingerprint density at radius 3 is 2.17 bits per heavy atom. The summed E-state index contributed by atoms with van der Waals surface area (Å²) in [5, 5.41) is 3.39. The maximum absolute atomic E-state index is 9.54. The zero-order chi connectivity index (χ0) is 36.2. The Morgan fingerprint density at radius 1 is 0.415 bits per heavy atom. The first kappa shape index (κ1) is 13.8. The lowest BCUT2D eigenvalue weighted by Crippen LogP contribution is -1.99. The lowest BCUT2D eigenvalue weighted by atomic mass is 9.84. The van der Waals surface area contributed by atoms with Crippen molar-refractivity contribution in [2.45, 2.75) is 0 Å². The van der Waals surface area contributed by atoms with E-state index in [2.05, 4.69) is 0 Å². The second kappa shape index (κ2) is 7.62. The Bertz CT molecular complexity index is 3050. The van der Waals surface area contributed by atoms with Crippen molar-refractivity contribution < 1.29 is 19.8 Å². The Balaban J connectivity index is 1.46. The van der Waals surface area contributed by atoms with Crippen molar-refractivity contribution in [1.82, 2.24) is 0 Å². The minimum atomic E-state index is -0.539. The smallest absolute Gasteiger partial charge is 0.135 e. The molecule has 1 heteroatoms. The highest BCUT2D eigenvalue weighted by atomic mass is 16.5. The van der Waals surface area contributed by atoms with Crippen LogP contribution in [0.1, 0.15) is 15.1 Å². The van der Waals surface area contributed by atoms with Crippen molar-refractivity contribution in [3.63, 3.8) is 0 Å². The third kappa shape index (κ3) is 2.70. The summed E-state index contributed by atoms with van der Waals surface area (Å²) in [6, 6.07) is 16.4. The van der Waals surface area contributed by atoms with E-state index < -0.39 is 54.4 Å². The quantitative estimate of drug-likeness (QED) is 0.205. The van der Waals surface area contributed by atoms with Crippen LogP contribution in [0, 0.1) is 0 Å². The van der Waals surface area contributed by atoms with Crippen molar-refractivity contribution >= 4 is 43.1 Å². The van der Waals surface area contributed by atoms with Crippen LogP contribution in [0.5, 0.6) is 11.5 Å². The van der Waals surface area contributed by atoms with Gasteiger partial charge in [0.2, 0.25) is 0 Å². The first-order chi connectivity index (χ1) is 24.9. The number of ether oxygens (including phenoxy) is 1. The predicted octanol–water partition coefficient (Wildman–Crippen LogP) is 11.4. The van der Waals surface area contributed by atoms with Gasteiger partial charge in [-0.05, 0) is 101 Å². The van der Waals surface area contributed by atoms with Crippen LogP contribution in [0.2, 0.25) is 0 Å². The van der Waals surface area contributed by atoms with Gasteiger partial charge in [0.1, 0.15) is 11.5 Å². The summed E-state index contributed by atoms with van der Waals surface area (Å²) >= 11 is 0. The molecule has 1 heterocycles. The number of rotatable bonds is 1. The summed E-state index contributed by atoms with van der Waals surface area (Å²) in [7, 11) is 0. The van der Waals surface area contributed by atoms with Crippen LogP contribution in [0.3, 0.4) is 0 Å². The molecule has 0 unspecified atom stereocenters. The van der Waals surface area contributed by atoms with Gasteiger partial charge in [-0.2, -0.15) is 0 Å². The van der Waals surface area contributed by atoms with Gasteiger partial charge in [0.15, 0.2) is 0 Å². The van der Waals surface area contributed by atoms with Gasteiger partial charge in [-0.25, -0.2) is 0 Å². The standard InChI is InChI=1S/C40H22O/c1-3-12-26-23(8-1)18-20-34-37(26)32-17-7-15-28-30(19-21-35(41-34)38(28)32)39-27-13-4-2-9-25(27)22-33-29-14-5-10-24-11-6-16-31(36(24)29)40(33)39/h1-22H/i2D,4D,5D,6D,9D,10D,11D,13D,14D,16D,22D. The average Bonchev–Trinajstić information content (AvgIpc) is 3.50. The van der Waals surface area contributed by atoms with Gasteiger partial charge in [-0.3, -0.25) is 0 Å². The summed E-state index contributed by atoms with van der Waals surface area (Å²) in [4.78, 5) is 0. The van der Waals surface area contributed by atoms with Crippen LogP contribution < -0.4 is 4.74 Å². The minimum absolute atomic E-state index is 0.0311. The fourth-order valence-electron chi connectivity index (χ4n) is 6.70. The third-order valence-corrected chi connectivity index (χ3v) is 8.34. The highest BCUT2D eigenvalue weighted by Crippen LogP contribution is 2.56. The fourth-order valence-corrected chi connectivity index (χ4v) is 6.70. The lowest BCUT2D eigenvalue weighted by molar-refractivity contribution is 0.488. The molecule has 2 aliphatic rings. The molecule has 1 aliphatic heterocycles. The summed E-state index contributed by atoms with van der Waals surface area (Å²) in [6.07, 6.45) is 0. The van der Waals surface area contributed by atoms with Gasteiger partial charge in [-0.15, -0.1) is 0 Å². The number of fused-ring (bicyclic) bond motifs is 8. The molecule has 0 radical (unpaired) electrons. The molecule has 0 fully saturated rings. The van der Waals surface area contributed by atoms with Gasteiger partial charge < -0.3 is 4.74 Å². The van der Waals surface area contributed by atoms with E-state index in [0.29, 0.717) is 22.4 Å². The molecule has 0 bridgehead atoms. The highest BCUT2D eigenvalue weighted by molar-refractivity contribution is 6.25. The largest absolute Gasteiger partial charge is 0.456 e. The topological polar surface area (TPSA) is 9.23 Å². The van der Waals surface area contributed by atoms with E-state index in [0.717, 1.165) is 27.3 Å². The van der Waals surface area contributed by atoms with Gasteiger partial charge >= 0.3 is 0 Å². The molecule has 0 atom stereocenters. The van der Waals surface area contributed by atoms with Gasteiger partial charge in [0.25, 0.3) is 0 Å². The van der Waals surface area contributed by atoms with E-state index in [-0.39, 0.29) is 61.4 Å². The maximum atomic E-state index is 9.54. The Morgan fingerprint density at radius 2 is 1.22 bits per heavy atom. The summed E-state index contributed by atoms with van der Waals surface area (Å²) < 4.78 is 105. The second-order valence-corrected chi connectivity index (χ2v) is 10.4.